The van der Waals surface area contributed by atoms with Crippen molar-refractivity contribution in [2.75, 3.05) is 0 Å². The fourth-order valence-corrected chi connectivity index (χ4v) is 1.72. The molecule has 0 fully saturated rings. The molecular weight excluding hydrogens is 170 g/mol. The molecule has 1 heterocycles. The molecule has 0 radical (unpaired) electrons. The van der Waals surface area contributed by atoms with Gasteiger partial charge in [-0.2, -0.15) is 0 Å². The summed E-state index contributed by atoms with van der Waals surface area (Å²) in [6.45, 7) is 0. The number of hydrogen-bond acceptors (Lipinski definition) is 4. The molecule has 0 aliphatic heterocycles. The summed E-state index contributed by atoms with van der Waals surface area (Å²) >= 11 is 0. The Balaban J connectivity index is 2.39. The molecular formula is C9H10NO3-. The lowest BCUT2D eigenvalue weighted by atomic mass is 10.1. The highest BCUT2D eigenvalue weighted by Gasteiger charge is 2.18. The second-order valence-electron chi connectivity index (χ2n) is 3.28. The smallest absolute Gasteiger partial charge is 0.140 e. The van der Waals surface area contributed by atoms with E-state index in [1.165, 1.54) is 0 Å². The van der Waals surface area contributed by atoms with Crippen LogP contribution in [0.25, 0.3) is 0 Å². The van der Waals surface area contributed by atoms with Gasteiger partial charge >= 0.3 is 0 Å². The van der Waals surface area contributed by atoms with E-state index in [-0.39, 0.29) is 5.69 Å². The molecule has 70 valence electrons. The summed E-state index contributed by atoms with van der Waals surface area (Å²) in [4.78, 5) is 10.6. The first kappa shape index (κ1) is 8.29. The van der Waals surface area contributed by atoms with E-state index in [1.54, 1.807) is 0 Å². The first-order valence-corrected chi connectivity index (χ1v) is 4.48. The molecule has 0 saturated carbocycles. The maximum Gasteiger partial charge on any atom is 0.140 e. The van der Waals surface area contributed by atoms with E-state index in [4.69, 9.17) is 4.52 Å². The predicted octanol–water partition coefficient (Wildman–Crippen LogP) is 0.307. The molecule has 0 aromatic carbocycles. The minimum absolute atomic E-state index is 0.00287. The van der Waals surface area contributed by atoms with Crippen molar-refractivity contribution in [3.8, 4) is 0 Å². The lowest BCUT2D eigenvalue weighted by Gasteiger charge is -1.99. The molecule has 0 saturated heterocycles. The van der Waals surface area contributed by atoms with Crippen LogP contribution >= 0.6 is 0 Å². The van der Waals surface area contributed by atoms with Gasteiger partial charge in [0.1, 0.15) is 11.5 Å². The first-order valence-electron chi connectivity index (χ1n) is 4.48. The van der Waals surface area contributed by atoms with Gasteiger partial charge in [0.2, 0.25) is 0 Å². The number of hydrogen-bond donors (Lipinski definition) is 0. The number of aromatic nitrogens is 1. The van der Waals surface area contributed by atoms with Crippen LogP contribution in [-0.2, 0) is 12.8 Å². The lowest BCUT2D eigenvalue weighted by molar-refractivity contribution is -0.255. The number of aryl methyl sites for hydroxylation is 1. The van der Waals surface area contributed by atoms with Crippen molar-refractivity contribution in [2.45, 2.75) is 32.1 Å². The zero-order chi connectivity index (χ0) is 9.26. The summed E-state index contributed by atoms with van der Waals surface area (Å²) in [5.41, 5.74) is 0.745. The number of aromatic carboxylic acids is 1. The van der Waals surface area contributed by atoms with Crippen LogP contribution in [0.15, 0.2) is 4.52 Å². The number of carbonyl (C=O) groups excluding carboxylic acids is 1. The Morgan fingerprint density at radius 1 is 1.31 bits per heavy atom. The van der Waals surface area contributed by atoms with Crippen molar-refractivity contribution in [1.29, 1.82) is 0 Å². The van der Waals surface area contributed by atoms with Crippen molar-refractivity contribution in [3.63, 3.8) is 0 Å². The molecule has 2 rings (SSSR count). The Labute approximate surface area is 75.5 Å². The molecule has 0 spiro atoms. The van der Waals surface area contributed by atoms with Gasteiger partial charge in [-0.05, 0) is 19.3 Å². The van der Waals surface area contributed by atoms with Crippen LogP contribution in [0.2, 0.25) is 0 Å². The molecule has 1 aliphatic carbocycles. The third kappa shape index (κ3) is 1.43. The second-order valence-corrected chi connectivity index (χ2v) is 3.28. The first-order chi connectivity index (χ1) is 6.29. The Hall–Kier alpha value is -1.32. The van der Waals surface area contributed by atoms with Gasteiger partial charge in [0.15, 0.2) is 0 Å². The molecule has 1 aromatic rings. The third-order valence-corrected chi connectivity index (χ3v) is 2.39. The largest absolute Gasteiger partial charge is 0.543 e. The third-order valence-electron chi connectivity index (χ3n) is 2.39. The summed E-state index contributed by atoms with van der Waals surface area (Å²) in [5.74, 6) is -0.497. The van der Waals surface area contributed by atoms with E-state index in [2.05, 4.69) is 5.16 Å². The topological polar surface area (TPSA) is 66.2 Å². The van der Waals surface area contributed by atoms with Crippen LogP contribution in [0.4, 0.5) is 0 Å². The van der Waals surface area contributed by atoms with E-state index >= 15 is 0 Å². The van der Waals surface area contributed by atoms with Gasteiger partial charge in [-0.3, -0.25) is 0 Å². The van der Waals surface area contributed by atoms with Crippen LogP contribution in [0.3, 0.4) is 0 Å². The van der Waals surface area contributed by atoms with Crippen LogP contribution in [0.5, 0.6) is 0 Å². The summed E-state index contributed by atoms with van der Waals surface area (Å²) in [5, 5.41) is 14.1. The second kappa shape index (κ2) is 3.20. The summed E-state index contributed by atoms with van der Waals surface area (Å²) in [6.07, 6.45) is 4.73. The Morgan fingerprint density at radius 3 is 2.85 bits per heavy atom. The minimum Gasteiger partial charge on any atom is -0.543 e. The molecule has 0 atom stereocenters. The molecule has 1 aromatic heterocycles. The van der Waals surface area contributed by atoms with E-state index in [9.17, 15) is 9.90 Å². The summed E-state index contributed by atoms with van der Waals surface area (Å²) < 4.78 is 4.96. The fraction of sp³-hybridized carbons (Fsp3) is 0.556. The maximum absolute atomic E-state index is 10.6. The van der Waals surface area contributed by atoms with Gasteiger partial charge in [-0.1, -0.05) is 11.6 Å². The molecule has 4 heteroatoms. The molecule has 4 nitrogen and oxygen atoms in total. The number of rotatable bonds is 1. The van der Waals surface area contributed by atoms with Gasteiger partial charge in [-0.25, -0.2) is 0 Å². The van der Waals surface area contributed by atoms with Crippen molar-refractivity contribution in [1.82, 2.24) is 5.16 Å². The van der Waals surface area contributed by atoms with Gasteiger partial charge < -0.3 is 14.4 Å². The van der Waals surface area contributed by atoms with Gasteiger partial charge in [0.05, 0.1) is 5.97 Å². The van der Waals surface area contributed by atoms with Gasteiger partial charge in [0, 0.05) is 12.0 Å². The summed E-state index contributed by atoms with van der Waals surface area (Å²) in [7, 11) is 0. The highest BCUT2D eigenvalue weighted by molar-refractivity contribution is 5.85. The fourth-order valence-electron chi connectivity index (χ4n) is 1.72. The standard InChI is InChI=1S/C9H11NO3/c11-9(12)8-6-4-2-1-3-5-7(6)13-10-8/h1-5H2,(H,11,12)/p-1. The average molecular weight is 180 g/mol. The maximum atomic E-state index is 10.6. The monoisotopic (exact) mass is 180 g/mol. The van der Waals surface area contributed by atoms with Crippen molar-refractivity contribution < 1.29 is 14.4 Å². The van der Waals surface area contributed by atoms with E-state index < -0.39 is 5.97 Å². The average Bonchev–Trinajstić information content (AvgIpc) is 2.36. The number of nitrogens with zero attached hydrogens (tertiary/aromatic N) is 1. The number of fused-ring (bicyclic) bond motifs is 1. The van der Waals surface area contributed by atoms with E-state index in [0.29, 0.717) is 0 Å². The molecule has 0 unspecified atom stereocenters. The molecule has 0 amide bonds. The zero-order valence-corrected chi connectivity index (χ0v) is 7.21. The van der Waals surface area contributed by atoms with Crippen molar-refractivity contribution in [3.05, 3.63) is 17.0 Å². The molecule has 0 bridgehead atoms. The number of carboxylic acids is 1. The quantitative estimate of drug-likeness (QED) is 0.583. The Morgan fingerprint density at radius 2 is 2.08 bits per heavy atom. The minimum atomic E-state index is -1.23. The molecule has 1 aliphatic rings. The zero-order valence-electron chi connectivity index (χ0n) is 7.21. The van der Waals surface area contributed by atoms with Gasteiger partial charge in [0.25, 0.3) is 0 Å². The normalized spacial score (nSPS) is 16.3. The van der Waals surface area contributed by atoms with Crippen molar-refractivity contribution in [2.24, 2.45) is 0 Å². The molecule has 0 N–H and O–H groups in total. The van der Waals surface area contributed by atoms with Crippen LogP contribution in [-0.4, -0.2) is 11.1 Å². The Bertz CT molecular complexity index is 330. The number of carboxylic acid groups (broad SMARTS) is 1. The number of carbonyl (C=O) groups is 1. The predicted molar refractivity (Wildman–Crippen MR) is 42.1 cm³/mol. The van der Waals surface area contributed by atoms with Crippen LogP contribution < -0.4 is 5.11 Å². The summed E-state index contributed by atoms with van der Waals surface area (Å²) in [6, 6.07) is 0. The van der Waals surface area contributed by atoms with Crippen LogP contribution in [0.1, 0.15) is 41.1 Å². The van der Waals surface area contributed by atoms with Crippen LogP contribution in [0, 0.1) is 0 Å². The highest BCUT2D eigenvalue weighted by Crippen LogP contribution is 2.22. The molecule has 13 heavy (non-hydrogen) atoms. The van der Waals surface area contributed by atoms with Crippen molar-refractivity contribution >= 4 is 5.97 Å². The lowest BCUT2D eigenvalue weighted by Crippen LogP contribution is -2.24. The SMILES string of the molecule is O=C([O-])c1noc2c1CCCCC2. The van der Waals surface area contributed by atoms with Gasteiger partial charge in [-0.15, -0.1) is 0 Å². The van der Waals surface area contributed by atoms with E-state index in [0.717, 1.165) is 43.4 Å². The highest BCUT2D eigenvalue weighted by atomic mass is 16.5. The van der Waals surface area contributed by atoms with E-state index in [1.807, 2.05) is 0 Å². The Kier molecular flexibility index (Phi) is 2.04.